The summed E-state index contributed by atoms with van der Waals surface area (Å²) in [5.74, 6) is -2.47. The number of carboxylic acid groups (broad SMARTS) is 1. The maximum absolute atomic E-state index is 13.2. The van der Waals surface area contributed by atoms with E-state index in [0.717, 1.165) is 10.5 Å². The third-order valence-corrected chi connectivity index (χ3v) is 7.06. The maximum atomic E-state index is 13.2. The normalized spacial score (nSPS) is 17.0. The Labute approximate surface area is 208 Å². The molecule has 0 bridgehead atoms. The van der Waals surface area contributed by atoms with E-state index in [1.807, 2.05) is 30.3 Å². The fourth-order valence-electron chi connectivity index (χ4n) is 4.02. The number of nitrogens with one attached hydrogen (secondary N) is 2. The van der Waals surface area contributed by atoms with Crippen LogP contribution in [0.15, 0.2) is 58.1 Å². The first-order valence-corrected chi connectivity index (χ1v) is 12.5. The van der Waals surface area contributed by atoms with Crippen molar-refractivity contribution in [2.24, 2.45) is 0 Å². The maximum Gasteiger partial charge on any atom is 0.327 e. The number of carboxylic acids is 1. The first-order valence-electron chi connectivity index (χ1n) is 11.0. The summed E-state index contributed by atoms with van der Waals surface area (Å²) in [5.41, 5.74) is -0.711. The minimum absolute atomic E-state index is 0.00181. The van der Waals surface area contributed by atoms with Gasteiger partial charge in [0.25, 0.3) is 16.8 Å². The minimum Gasteiger partial charge on any atom is -0.505 e. The van der Waals surface area contributed by atoms with Gasteiger partial charge in [-0.25, -0.2) is 13.3 Å². The summed E-state index contributed by atoms with van der Waals surface area (Å²) in [6.07, 6.45) is 1.43. The van der Waals surface area contributed by atoms with Gasteiger partial charge >= 0.3 is 5.97 Å². The van der Waals surface area contributed by atoms with Crippen molar-refractivity contribution in [1.82, 2.24) is 9.21 Å². The SMILES string of the molecule is CS(=O)N1CCN(C(=O)c2cccc(Nc3c(NCc4ccccc4)c(=O)c3=O)c2O)C(C(=O)O)C1. The number of para-hydroxylation sites is 1. The molecular weight excluding hydrogens is 488 g/mol. The summed E-state index contributed by atoms with van der Waals surface area (Å²) < 4.78 is 13.2. The molecule has 0 aromatic heterocycles. The van der Waals surface area contributed by atoms with E-state index >= 15 is 0 Å². The number of amides is 1. The summed E-state index contributed by atoms with van der Waals surface area (Å²) in [6.45, 7) is 0.383. The Hall–Kier alpha value is -4.03. The van der Waals surface area contributed by atoms with Crippen molar-refractivity contribution in [2.75, 3.05) is 36.5 Å². The largest absolute Gasteiger partial charge is 0.505 e. The number of aromatic hydroxyl groups is 1. The summed E-state index contributed by atoms with van der Waals surface area (Å²) in [6, 6.07) is 12.2. The molecule has 2 unspecified atom stereocenters. The molecule has 3 aromatic carbocycles. The van der Waals surface area contributed by atoms with Gasteiger partial charge in [0.2, 0.25) is 0 Å². The number of aliphatic carboxylic acids is 1. The predicted molar refractivity (Wildman–Crippen MR) is 135 cm³/mol. The van der Waals surface area contributed by atoms with E-state index in [1.54, 1.807) is 0 Å². The average Bonchev–Trinajstić information content (AvgIpc) is 2.88. The van der Waals surface area contributed by atoms with E-state index in [1.165, 1.54) is 28.8 Å². The van der Waals surface area contributed by atoms with Crippen molar-refractivity contribution < 1.29 is 24.0 Å². The zero-order valence-corrected chi connectivity index (χ0v) is 20.1. The van der Waals surface area contributed by atoms with Crippen molar-refractivity contribution in [2.45, 2.75) is 12.6 Å². The Bertz CT molecular complexity index is 1400. The molecule has 1 amide bonds. The first kappa shape index (κ1) is 25.1. The second kappa shape index (κ2) is 10.3. The number of carbonyl (C=O) groups is 2. The summed E-state index contributed by atoms with van der Waals surface area (Å²) in [4.78, 5) is 50.4. The Morgan fingerprint density at radius 3 is 2.39 bits per heavy atom. The fourth-order valence-corrected chi connectivity index (χ4v) is 4.71. The van der Waals surface area contributed by atoms with Crippen LogP contribution in [-0.2, 0) is 22.3 Å². The van der Waals surface area contributed by atoms with Crippen LogP contribution in [0.2, 0.25) is 0 Å². The molecule has 0 spiro atoms. The van der Waals surface area contributed by atoms with Crippen molar-refractivity contribution >= 4 is 39.9 Å². The molecule has 11 nitrogen and oxygen atoms in total. The van der Waals surface area contributed by atoms with Crippen LogP contribution in [0.3, 0.4) is 0 Å². The van der Waals surface area contributed by atoms with Gasteiger partial charge in [-0.2, -0.15) is 0 Å². The lowest BCUT2D eigenvalue weighted by molar-refractivity contribution is -0.143. The number of benzene rings is 2. The van der Waals surface area contributed by atoms with E-state index in [2.05, 4.69) is 10.6 Å². The van der Waals surface area contributed by atoms with Gasteiger partial charge in [0.15, 0.2) is 5.75 Å². The molecule has 1 aliphatic rings. The van der Waals surface area contributed by atoms with Crippen LogP contribution in [0.1, 0.15) is 15.9 Å². The zero-order valence-electron chi connectivity index (χ0n) is 19.3. The van der Waals surface area contributed by atoms with Gasteiger partial charge in [-0.15, -0.1) is 0 Å². The number of hydrogen-bond acceptors (Lipinski definition) is 8. The standard InChI is InChI=1S/C24H24N4O7S/c1-36(35)27-10-11-28(17(13-27)24(33)34)23(32)15-8-5-9-16(20(15)29)26-19-18(21(30)22(19)31)25-12-14-6-3-2-4-7-14/h2-9,17,25-26,29H,10-13H2,1H3,(H,33,34). The van der Waals surface area contributed by atoms with Crippen molar-refractivity contribution in [3.63, 3.8) is 0 Å². The summed E-state index contributed by atoms with van der Waals surface area (Å²) >= 11 is 0. The van der Waals surface area contributed by atoms with Crippen LogP contribution in [-0.4, -0.2) is 67.4 Å². The van der Waals surface area contributed by atoms with Gasteiger partial charge in [0, 0.05) is 32.4 Å². The van der Waals surface area contributed by atoms with Crippen LogP contribution in [0.25, 0.3) is 0 Å². The van der Waals surface area contributed by atoms with E-state index < -0.39 is 45.5 Å². The van der Waals surface area contributed by atoms with Crippen molar-refractivity contribution in [3.8, 4) is 5.75 Å². The quantitative estimate of drug-likeness (QED) is 0.254. The van der Waals surface area contributed by atoms with Crippen molar-refractivity contribution in [3.05, 3.63) is 80.1 Å². The predicted octanol–water partition coefficient (Wildman–Crippen LogP) is 0.848. The number of piperazine rings is 1. The second-order valence-corrected chi connectivity index (χ2v) is 9.60. The molecule has 0 saturated carbocycles. The summed E-state index contributed by atoms with van der Waals surface area (Å²) in [5, 5.41) is 26.1. The number of nitrogens with zero attached hydrogens (tertiary/aromatic N) is 2. The van der Waals surface area contributed by atoms with Gasteiger partial charge in [-0.1, -0.05) is 36.4 Å². The molecule has 1 fully saturated rings. The molecule has 1 heterocycles. The fraction of sp³-hybridized carbons (Fsp3) is 0.250. The van der Waals surface area contributed by atoms with Gasteiger partial charge in [0.1, 0.15) is 17.4 Å². The molecule has 1 aliphatic heterocycles. The average molecular weight is 513 g/mol. The number of anilines is 3. The highest BCUT2D eigenvalue weighted by atomic mass is 32.2. The molecule has 0 aliphatic carbocycles. The zero-order chi connectivity index (χ0) is 26.0. The molecule has 188 valence electrons. The van der Waals surface area contributed by atoms with Crippen LogP contribution >= 0.6 is 0 Å². The minimum atomic E-state index is -1.39. The van der Waals surface area contributed by atoms with Crippen LogP contribution in [0, 0.1) is 0 Å². The Morgan fingerprint density at radius 2 is 1.72 bits per heavy atom. The van der Waals surface area contributed by atoms with Gasteiger partial charge in [-0.05, 0) is 17.7 Å². The number of phenolic OH excluding ortho intramolecular Hbond substituents is 1. The van der Waals surface area contributed by atoms with E-state index in [9.17, 15) is 33.6 Å². The highest BCUT2D eigenvalue weighted by molar-refractivity contribution is 7.81. The molecule has 1 saturated heterocycles. The van der Waals surface area contributed by atoms with Crippen molar-refractivity contribution in [1.29, 1.82) is 0 Å². The van der Waals surface area contributed by atoms with Gasteiger partial charge in [-0.3, -0.25) is 14.4 Å². The molecule has 3 aromatic rings. The number of phenols is 1. The molecule has 12 heteroatoms. The third kappa shape index (κ3) is 4.86. The molecule has 4 rings (SSSR count). The number of rotatable bonds is 8. The molecule has 0 radical (unpaired) electrons. The molecule has 2 atom stereocenters. The van der Waals surface area contributed by atoms with E-state index in [0.29, 0.717) is 6.54 Å². The monoisotopic (exact) mass is 512 g/mol. The topological polar surface area (TPSA) is 156 Å². The smallest absolute Gasteiger partial charge is 0.327 e. The van der Waals surface area contributed by atoms with Crippen LogP contribution in [0.4, 0.5) is 17.1 Å². The third-order valence-electron chi connectivity index (χ3n) is 6.00. The number of carbonyl (C=O) groups excluding carboxylic acids is 1. The Balaban J connectivity index is 1.55. The van der Waals surface area contributed by atoms with Gasteiger partial charge < -0.3 is 25.7 Å². The lowest BCUT2D eigenvalue weighted by atomic mass is 10.1. The Kier molecular flexibility index (Phi) is 7.17. The first-order chi connectivity index (χ1) is 17.2. The second-order valence-electron chi connectivity index (χ2n) is 8.24. The van der Waals surface area contributed by atoms with Crippen LogP contribution in [0.5, 0.6) is 5.75 Å². The molecule has 4 N–H and O–H groups in total. The number of hydrogen-bond donors (Lipinski definition) is 4. The van der Waals surface area contributed by atoms with E-state index in [-0.39, 0.29) is 42.3 Å². The molecular formula is C24H24N4O7S. The van der Waals surface area contributed by atoms with Gasteiger partial charge in [0.05, 0.1) is 22.2 Å². The van der Waals surface area contributed by atoms with Crippen LogP contribution < -0.4 is 21.5 Å². The summed E-state index contributed by atoms with van der Waals surface area (Å²) in [7, 11) is -1.39. The highest BCUT2D eigenvalue weighted by Gasteiger charge is 2.37. The Morgan fingerprint density at radius 1 is 1.03 bits per heavy atom. The lowest BCUT2D eigenvalue weighted by Gasteiger charge is -2.38. The lowest BCUT2D eigenvalue weighted by Crippen LogP contribution is -2.58. The highest BCUT2D eigenvalue weighted by Crippen LogP contribution is 2.33. The van der Waals surface area contributed by atoms with E-state index in [4.69, 9.17) is 0 Å². The molecule has 36 heavy (non-hydrogen) atoms.